The van der Waals surface area contributed by atoms with Crippen LogP contribution in [0.2, 0.25) is 0 Å². The second-order valence-electron chi connectivity index (χ2n) is 7.77. The number of ether oxygens (including phenoxy) is 1. The number of para-hydroxylation sites is 1. The van der Waals surface area contributed by atoms with Gasteiger partial charge in [-0.25, -0.2) is 0 Å². The second kappa shape index (κ2) is 9.47. The lowest BCUT2D eigenvalue weighted by Gasteiger charge is -2.25. The molecule has 1 heterocycles. The number of hydrogen-bond donors (Lipinski definition) is 2. The lowest BCUT2D eigenvalue weighted by molar-refractivity contribution is -0.123. The van der Waals surface area contributed by atoms with E-state index in [0.717, 1.165) is 28.1 Å². The molecule has 2 unspecified atom stereocenters. The average molecular weight is 415 g/mol. The number of rotatable bonds is 7. The quantitative estimate of drug-likeness (QED) is 0.599. The van der Waals surface area contributed by atoms with Gasteiger partial charge in [-0.3, -0.25) is 9.59 Å². The molecule has 5 nitrogen and oxygen atoms in total. The fourth-order valence-electron chi connectivity index (χ4n) is 3.99. The van der Waals surface area contributed by atoms with Crippen molar-refractivity contribution in [2.24, 2.45) is 5.92 Å². The van der Waals surface area contributed by atoms with Crippen molar-refractivity contribution < 1.29 is 14.3 Å². The maximum absolute atomic E-state index is 12.9. The van der Waals surface area contributed by atoms with Gasteiger partial charge in [-0.2, -0.15) is 0 Å². The molecule has 2 N–H and O–H groups in total. The van der Waals surface area contributed by atoms with Crippen LogP contribution in [-0.2, 0) is 16.0 Å². The van der Waals surface area contributed by atoms with E-state index < -0.39 is 0 Å². The van der Waals surface area contributed by atoms with Crippen LogP contribution < -0.4 is 15.4 Å². The number of carbonyl (C=O) groups is 2. The van der Waals surface area contributed by atoms with Crippen molar-refractivity contribution in [3.05, 3.63) is 95.6 Å². The van der Waals surface area contributed by atoms with E-state index in [9.17, 15) is 9.59 Å². The van der Waals surface area contributed by atoms with E-state index >= 15 is 0 Å². The Labute approximate surface area is 182 Å². The first kappa shape index (κ1) is 20.7. The third-order valence-corrected chi connectivity index (χ3v) is 5.72. The minimum absolute atomic E-state index is 0.0127. The summed E-state index contributed by atoms with van der Waals surface area (Å²) in [6.07, 6.45) is 1.46. The topological polar surface area (TPSA) is 67.4 Å². The maximum atomic E-state index is 12.9. The standard InChI is InChI=1S/C26H26N2O3/c1-31-22-14-11-19(12-15-22)25(18-7-3-2-4-8-18)28-24(29)16-13-21-17-20-9-5-6-10-23(20)27-26(21)30/h2-12,14-15,21,25H,13,16-17H2,1H3,(H,27,30)(H,28,29). The molecule has 0 bridgehead atoms. The third-order valence-electron chi connectivity index (χ3n) is 5.72. The van der Waals surface area contributed by atoms with Crippen molar-refractivity contribution in [1.82, 2.24) is 5.32 Å². The van der Waals surface area contributed by atoms with Crippen LogP contribution in [0.5, 0.6) is 5.75 Å². The summed E-state index contributed by atoms with van der Waals surface area (Å²) in [7, 11) is 1.63. The van der Waals surface area contributed by atoms with Crippen LogP contribution in [0, 0.1) is 5.92 Å². The molecule has 2 amide bonds. The highest BCUT2D eigenvalue weighted by Gasteiger charge is 2.26. The van der Waals surface area contributed by atoms with E-state index in [1.165, 1.54) is 0 Å². The highest BCUT2D eigenvalue weighted by Crippen LogP contribution is 2.28. The van der Waals surface area contributed by atoms with Crippen molar-refractivity contribution in [3.63, 3.8) is 0 Å². The Balaban J connectivity index is 1.43. The van der Waals surface area contributed by atoms with Gasteiger partial charge in [0.15, 0.2) is 0 Å². The van der Waals surface area contributed by atoms with E-state index in [1.54, 1.807) is 7.11 Å². The molecule has 2 atom stereocenters. The first-order valence-corrected chi connectivity index (χ1v) is 10.5. The lowest BCUT2D eigenvalue weighted by atomic mass is 9.89. The van der Waals surface area contributed by atoms with E-state index in [1.807, 2.05) is 78.9 Å². The van der Waals surface area contributed by atoms with Gasteiger partial charge in [0.2, 0.25) is 11.8 Å². The lowest BCUT2D eigenvalue weighted by Crippen LogP contribution is -2.33. The number of benzene rings is 3. The summed E-state index contributed by atoms with van der Waals surface area (Å²) in [5.74, 6) is 0.486. The van der Waals surface area contributed by atoms with E-state index in [-0.39, 0.29) is 23.8 Å². The van der Waals surface area contributed by atoms with Crippen LogP contribution in [-0.4, -0.2) is 18.9 Å². The smallest absolute Gasteiger partial charge is 0.227 e. The summed E-state index contributed by atoms with van der Waals surface area (Å²) in [6, 6.07) is 25.1. The zero-order chi connectivity index (χ0) is 21.6. The van der Waals surface area contributed by atoms with Gasteiger partial charge in [0.05, 0.1) is 13.2 Å². The molecule has 0 aliphatic carbocycles. The maximum Gasteiger partial charge on any atom is 0.227 e. The van der Waals surface area contributed by atoms with E-state index in [4.69, 9.17) is 4.74 Å². The van der Waals surface area contributed by atoms with Crippen molar-refractivity contribution >= 4 is 17.5 Å². The Morgan fingerprint density at radius 3 is 2.42 bits per heavy atom. The number of anilines is 1. The molecule has 0 spiro atoms. The van der Waals surface area contributed by atoms with Crippen LogP contribution in [0.25, 0.3) is 0 Å². The monoisotopic (exact) mass is 414 g/mol. The highest BCUT2D eigenvalue weighted by molar-refractivity contribution is 5.96. The van der Waals surface area contributed by atoms with Crippen molar-refractivity contribution in [2.45, 2.75) is 25.3 Å². The molecule has 0 radical (unpaired) electrons. The predicted molar refractivity (Wildman–Crippen MR) is 121 cm³/mol. The zero-order valence-electron chi connectivity index (χ0n) is 17.5. The number of hydrogen-bond acceptors (Lipinski definition) is 3. The fraction of sp³-hybridized carbons (Fsp3) is 0.231. The molecule has 0 aromatic heterocycles. The minimum Gasteiger partial charge on any atom is -0.497 e. The van der Waals surface area contributed by atoms with E-state index in [0.29, 0.717) is 19.3 Å². The number of carbonyl (C=O) groups excluding carboxylic acids is 2. The Bertz CT molecular complexity index is 1050. The molecule has 0 saturated carbocycles. The summed E-state index contributed by atoms with van der Waals surface area (Å²) in [5.41, 5.74) is 3.97. The van der Waals surface area contributed by atoms with Crippen LogP contribution in [0.4, 0.5) is 5.69 Å². The molecule has 158 valence electrons. The second-order valence-corrected chi connectivity index (χ2v) is 7.77. The van der Waals surface area contributed by atoms with Crippen LogP contribution in [0.1, 0.15) is 35.6 Å². The summed E-state index contributed by atoms with van der Waals surface area (Å²) in [4.78, 5) is 25.3. The molecule has 3 aromatic rings. The van der Waals surface area contributed by atoms with Gasteiger partial charge < -0.3 is 15.4 Å². The normalized spacial score (nSPS) is 16.0. The van der Waals surface area contributed by atoms with Gasteiger partial charge in [0.1, 0.15) is 5.75 Å². The van der Waals surface area contributed by atoms with Crippen LogP contribution in [0.15, 0.2) is 78.9 Å². The zero-order valence-corrected chi connectivity index (χ0v) is 17.5. The molecule has 1 aliphatic heterocycles. The summed E-state index contributed by atoms with van der Waals surface area (Å²) in [5, 5.41) is 6.10. The molecule has 31 heavy (non-hydrogen) atoms. The van der Waals surface area contributed by atoms with Gasteiger partial charge in [-0.1, -0.05) is 60.7 Å². The average Bonchev–Trinajstić information content (AvgIpc) is 2.82. The molecule has 3 aromatic carbocycles. The van der Waals surface area contributed by atoms with Gasteiger partial charge >= 0.3 is 0 Å². The molecule has 0 fully saturated rings. The SMILES string of the molecule is COc1ccc(C(NC(=O)CCC2Cc3ccccc3NC2=O)c2ccccc2)cc1. The number of nitrogens with one attached hydrogen (secondary N) is 2. The minimum atomic E-state index is -0.263. The first-order valence-electron chi connectivity index (χ1n) is 10.5. The highest BCUT2D eigenvalue weighted by atomic mass is 16.5. The Hall–Kier alpha value is -3.60. The number of fused-ring (bicyclic) bond motifs is 1. The van der Waals surface area contributed by atoms with Crippen LogP contribution >= 0.6 is 0 Å². The Kier molecular flexibility index (Phi) is 6.32. The Morgan fingerprint density at radius 2 is 1.68 bits per heavy atom. The first-order chi connectivity index (χ1) is 15.1. The Morgan fingerprint density at radius 1 is 1.00 bits per heavy atom. The number of amides is 2. The van der Waals surface area contributed by atoms with E-state index in [2.05, 4.69) is 10.6 Å². The molecular formula is C26H26N2O3. The van der Waals surface area contributed by atoms with Gasteiger partial charge in [-0.15, -0.1) is 0 Å². The van der Waals surface area contributed by atoms with Crippen molar-refractivity contribution in [3.8, 4) is 5.75 Å². The van der Waals surface area contributed by atoms with Gasteiger partial charge in [0, 0.05) is 18.0 Å². The fourth-order valence-corrected chi connectivity index (χ4v) is 3.99. The van der Waals surface area contributed by atoms with Gasteiger partial charge in [-0.05, 0) is 47.7 Å². The van der Waals surface area contributed by atoms with Crippen molar-refractivity contribution in [2.75, 3.05) is 12.4 Å². The molecule has 4 rings (SSSR count). The third kappa shape index (κ3) is 4.94. The largest absolute Gasteiger partial charge is 0.497 e. The van der Waals surface area contributed by atoms with Crippen LogP contribution in [0.3, 0.4) is 0 Å². The molecule has 5 heteroatoms. The predicted octanol–water partition coefficient (Wildman–Crippen LogP) is 4.49. The van der Waals surface area contributed by atoms with Gasteiger partial charge in [0.25, 0.3) is 0 Å². The molecule has 0 saturated heterocycles. The summed E-state index contributed by atoms with van der Waals surface area (Å²) >= 11 is 0. The van der Waals surface area contributed by atoms with Crippen molar-refractivity contribution in [1.29, 1.82) is 0 Å². The summed E-state index contributed by atoms with van der Waals surface area (Å²) < 4.78 is 5.25. The number of methoxy groups -OCH3 is 1. The summed E-state index contributed by atoms with van der Waals surface area (Å²) in [6.45, 7) is 0. The molecule has 1 aliphatic rings. The molecular weight excluding hydrogens is 388 g/mol.